The van der Waals surface area contributed by atoms with Crippen molar-refractivity contribution in [2.45, 2.75) is 64.4 Å². The van der Waals surface area contributed by atoms with Crippen LogP contribution in [0.4, 0.5) is 5.69 Å². The fraction of sp³-hybridized carbons (Fsp3) is 0.415. The highest BCUT2D eigenvalue weighted by atomic mass is 32.2. The molecule has 5 heterocycles. The van der Waals surface area contributed by atoms with Gasteiger partial charge in [-0.05, 0) is 81.2 Å². The lowest BCUT2D eigenvalue weighted by atomic mass is 9.98. The summed E-state index contributed by atoms with van der Waals surface area (Å²) in [4.78, 5) is 40.3. The first-order valence-electron chi connectivity index (χ1n) is 18.7. The quantitative estimate of drug-likeness (QED) is 0.139. The Labute approximate surface area is 320 Å². The van der Waals surface area contributed by atoms with E-state index < -0.39 is 4.75 Å². The van der Waals surface area contributed by atoms with E-state index in [0.717, 1.165) is 45.5 Å². The molecule has 54 heavy (non-hydrogen) atoms. The Morgan fingerprint density at radius 2 is 1.76 bits per heavy atom. The Morgan fingerprint density at radius 3 is 2.43 bits per heavy atom. The van der Waals surface area contributed by atoms with Crippen LogP contribution in [0.1, 0.15) is 59.1 Å². The smallest absolute Gasteiger partial charge is 0.241 e. The zero-order valence-electron chi connectivity index (χ0n) is 31.9. The van der Waals surface area contributed by atoms with Crippen LogP contribution in [0, 0.1) is 5.92 Å². The highest BCUT2D eigenvalue weighted by Crippen LogP contribution is 2.36. The lowest BCUT2D eigenvalue weighted by molar-refractivity contribution is -0.132. The van der Waals surface area contributed by atoms with Gasteiger partial charge in [0.15, 0.2) is 5.82 Å². The number of aromatic nitrogens is 6. The maximum atomic E-state index is 13.9. The molecule has 0 spiro atoms. The summed E-state index contributed by atoms with van der Waals surface area (Å²) in [5.41, 5.74) is 6.54. The van der Waals surface area contributed by atoms with E-state index in [9.17, 15) is 9.59 Å². The lowest BCUT2D eigenvalue weighted by Crippen LogP contribution is -2.45. The first-order valence-corrected chi connectivity index (χ1v) is 19.9. The summed E-state index contributed by atoms with van der Waals surface area (Å²) in [6, 6.07) is 18.2. The first kappa shape index (κ1) is 37.3. The van der Waals surface area contributed by atoms with E-state index in [2.05, 4.69) is 93.5 Å². The van der Waals surface area contributed by atoms with Gasteiger partial charge in [-0.15, -0.1) is 11.8 Å². The largest absolute Gasteiger partial charge is 0.474 e. The number of hydrogen-bond donors (Lipinski definition) is 2. The molecule has 2 aliphatic rings. The van der Waals surface area contributed by atoms with Crippen LogP contribution in [0.3, 0.4) is 0 Å². The van der Waals surface area contributed by atoms with Gasteiger partial charge in [-0.25, -0.2) is 14.6 Å². The number of hydrogen-bond acceptors (Lipinski definition) is 9. The second-order valence-corrected chi connectivity index (χ2v) is 16.1. The number of thioether (sulfide) groups is 1. The molecule has 5 aromatic rings. The van der Waals surface area contributed by atoms with Gasteiger partial charge in [0, 0.05) is 66.7 Å². The zero-order valence-corrected chi connectivity index (χ0v) is 32.7. The van der Waals surface area contributed by atoms with Gasteiger partial charge in [0.2, 0.25) is 17.7 Å². The topological polar surface area (TPSA) is 134 Å². The van der Waals surface area contributed by atoms with Crippen molar-refractivity contribution in [3.8, 4) is 28.5 Å². The lowest BCUT2D eigenvalue weighted by Gasteiger charge is -2.29. The molecule has 0 aliphatic carbocycles. The number of fused-ring (bicyclic) bond motifs is 1. The third-order valence-electron chi connectivity index (χ3n) is 10.7. The van der Waals surface area contributed by atoms with Crippen LogP contribution in [-0.2, 0) is 9.59 Å². The first-order chi connectivity index (χ1) is 26.0. The highest BCUT2D eigenvalue weighted by Gasteiger charge is 2.44. The monoisotopic (exact) mass is 747 g/mol. The van der Waals surface area contributed by atoms with Gasteiger partial charge in [-0.1, -0.05) is 44.2 Å². The number of anilines is 1. The predicted octanol–water partition coefficient (Wildman–Crippen LogP) is 6.95. The van der Waals surface area contributed by atoms with Gasteiger partial charge < -0.3 is 15.0 Å². The SMILES string of the molecule is CSC1(C(=O)Nc2ccc3[nH]nc(-c4ccc(OC(C)C(C)C)nc4)c3c2)CCN(CC(=O)N2CC=C(c3ccc(-c4ncn(C(C)C)n4)cc3)CC2)C1. The van der Waals surface area contributed by atoms with E-state index in [1.165, 1.54) is 5.57 Å². The van der Waals surface area contributed by atoms with Gasteiger partial charge in [0.1, 0.15) is 16.8 Å². The van der Waals surface area contributed by atoms with Crippen LogP contribution >= 0.6 is 11.8 Å². The fourth-order valence-corrected chi connectivity index (χ4v) is 7.69. The number of rotatable bonds is 12. The number of pyridine rings is 1. The summed E-state index contributed by atoms with van der Waals surface area (Å²) in [5, 5.41) is 16.3. The molecule has 12 nitrogen and oxygen atoms in total. The summed E-state index contributed by atoms with van der Waals surface area (Å²) in [6.07, 6.45) is 9.17. The number of likely N-dealkylation sites (tertiary alicyclic amines) is 1. The van der Waals surface area contributed by atoms with Crippen molar-refractivity contribution < 1.29 is 14.3 Å². The molecule has 0 radical (unpaired) electrons. The summed E-state index contributed by atoms with van der Waals surface area (Å²) >= 11 is 1.55. The normalized spacial score (nSPS) is 18.4. The Kier molecular flexibility index (Phi) is 10.9. The molecule has 282 valence electrons. The molecule has 2 N–H and O–H groups in total. The molecule has 1 fully saturated rings. The number of carbonyl (C=O) groups excluding carboxylic acids is 2. The van der Waals surface area contributed by atoms with Crippen molar-refractivity contribution in [2.24, 2.45) is 5.92 Å². The van der Waals surface area contributed by atoms with Crippen LogP contribution in [0.5, 0.6) is 5.88 Å². The van der Waals surface area contributed by atoms with E-state index in [-0.39, 0.29) is 24.0 Å². The molecular weight excluding hydrogens is 699 g/mol. The molecule has 2 aliphatic heterocycles. The molecule has 1 saturated heterocycles. The van der Waals surface area contributed by atoms with Crippen molar-refractivity contribution >= 4 is 45.7 Å². The minimum atomic E-state index is -0.662. The second-order valence-electron chi connectivity index (χ2n) is 14.9. The van der Waals surface area contributed by atoms with Crippen LogP contribution in [-0.4, -0.2) is 101 Å². The van der Waals surface area contributed by atoms with Crippen LogP contribution < -0.4 is 10.1 Å². The van der Waals surface area contributed by atoms with Crippen molar-refractivity contribution in [1.29, 1.82) is 0 Å². The molecule has 7 rings (SSSR count). The number of amides is 2. The number of ether oxygens (including phenoxy) is 1. The molecule has 2 aromatic carbocycles. The maximum Gasteiger partial charge on any atom is 0.241 e. The van der Waals surface area contributed by atoms with Crippen LogP contribution in [0.2, 0.25) is 0 Å². The molecular formula is C41H49N9O3S. The summed E-state index contributed by atoms with van der Waals surface area (Å²) < 4.78 is 7.14. The number of carbonyl (C=O) groups is 2. The molecule has 2 atom stereocenters. The van der Waals surface area contributed by atoms with Crippen molar-refractivity contribution in [1.82, 2.24) is 39.7 Å². The number of nitrogens with zero attached hydrogens (tertiary/aromatic N) is 7. The van der Waals surface area contributed by atoms with Crippen molar-refractivity contribution in [3.05, 3.63) is 78.8 Å². The van der Waals surface area contributed by atoms with Gasteiger partial charge in [-0.3, -0.25) is 19.6 Å². The Hall–Kier alpha value is -5.01. The Balaban J connectivity index is 0.943. The standard InChI is InChI=1S/C41H49N9O3S/c1-26(2)28(5)53-36-14-11-32(22-42-36)38-34-21-33(12-13-35(34)45-46-38)44-40(52)41(54-6)17-20-48(24-41)23-37(51)49-18-15-30(16-19-49)29-7-9-31(10-8-29)39-43-25-50(47-39)27(3)4/h7-15,21-22,25-28H,16-20,23-24H2,1-6H3,(H,44,52)(H,45,46). The van der Waals surface area contributed by atoms with Gasteiger partial charge in [-0.2, -0.15) is 10.2 Å². The van der Waals surface area contributed by atoms with Gasteiger partial charge in [0.05, 0.1) is 18.2 Å². The second kappa shape index (κ2) is 15.8. The third kappa shape index (κ3) is 7.92. The van der Waals surface area contributed by atoms with E-state index in [1.807, 2.05) is 53.1 Å². The minimum absolute atomic E-state index is 0.0557. The van der Waals surface area contributed by atoms with Crippen molar-refractivity contribution in [2.75, 3.05) is 44.3 Å². The van der Waals surface area contributed by atoms with Crippen LogP contribution in [0.15, 0.2) is 73.2 Å². The Morgan fingerprint density at radius 1 is 0.981 bits per heavy atom. The van der Waals surface area contributed by atoms with Crippen LogP contribution in [0.25, 0.3) is 39.1 Å². The highest BCUT2D eigenvalue weighted by molar-refractivity contribution is 8.00. The van der Waals surface area contributed by atoms with Gasteiger partial charge in [0.25, 0.3) is 0 Å². The van der Waals surface area contributed by atoms with E-state index in [0.29, 0.717) is 56.6 Å². The number of aromatic amines is 1. The fourth-order valence-electron chi connectivity index (χ4n) is 6.85. The number of nitrogens with one attached hydrogen (secondary N) is 2. The molecule has 0 saturated carbocycles. The summed E-state index contributed by atoms with van der Waals surface area (Å²) in [5.74, 6) is 1.71. The maximum absolute atomic E-state index is 13.9. The molecule has 0 bridgehead atoms. The number of benzene rings is 2. The predicted molar refractivity (Wildman–Crippen MR) is 215 cm³/mol. The van der Waals surface area contributed by atoms with E-state index in [1.54, 1.807) is 24.3 Å². The number of H-pyrrole nitrogens is 1. The van der Waals surface area contributed by atoms with Gasteiger partial charge >= 0.3 is 0 Å². The summed E-state index contributed by atoms with van der Waals surface area (Å²) in [6.45, 7) is 13.1. The molecule has 3 aromatic heterocycles. The minimum Gasteiger partial charge on any atom is -0.474 e. The average molecular weight is 748 g/mol. The van der Waals surface area contributed by atoms with E-state index >= 15 is 0 Å². The summed E-state index contributed by atoms with van der Waals surface area (Å²) in [7, 11) is 0. The third-order valence-corrected chi connectivity index (χ3v) is 12.0. The van der Waals surface area contributed by atoms with Crippen molar-refractivity contribution in [3.63, 3.8) is 0 Å². The Bertz CT molecular complexity index is 2140. The zero-order chi connectivity index (χ0) is 38.0. The van der Waals surface area contributed by atoms with E-state index in [4.69, 9.17) is 4.74 Å². The average Bonchev–Trinajstić information content (AvgIpc) is 3.95. The molecule has 2 amide bonds. The molecule has 2 unspecified atom stereocenters. The molecule has 13 heteroatoms.